The molecule has 0 amide bonds. The standard InChI is InChI=1S/C11H11ClIN3/c1-2-7-10(15-16-11(7)14)6-3-4-9(13)8(12)5-6/h3-5H,2H2,1H3,(H3,14,15,16). The van der Waals surface area contributed by atoms with Crippen LogP contribution in [0.25, 0.3) is 11.3 Å². The molecule has 0 saturated heterocycles. The molecule has 1 aromatic heterocycles. The van der Waals surface area contributed by atoms with Gasteiger partial charge in [0.25, 0.3) is 0 Å². The summed E-state index contributed by atoms with van der Waals surface area (Å²) in [7, 11) is 0. The molecule has 16 heavy (non-hydrogen) atoms. The number of H-pyrrole nitrogens is 1. The van der Waals surface area contributed by atoms with Gasteiger partial charge in [-0.2, -0.15) is 5.10 Å². The molecule has 5 heteroatoms. The van der Waals surface area contributed by atoms with E-state index in [1.165, 1.54) is 0 Å². The van der Waals surface area contributed by atoms with E-state index in [1.54, 1.807) is 0 Å². The van der Waals surface area contributed by atoms with Gasteiger partial charge in [0.15, 0.2) is 0 Å². The van der Waals surface area contributed by atoms with Gasteiger partial charge in [-0.3, -0.25) is 5.10 Å². The largest absolute Gasteiger partial charge is 0.382 e. The van der Waals surface area contributed by atoms with Gasteiger partial charge in [-0.15, -0.1) is 0 Å². The summed E-state index contributed by atoms with van der Waals surface area (Å²) in [6.45, 7) is 2.05. The van der Waals surface area contributed by atoms with Crippen LogP contribution < -0.4 is 5.73 Å². The monoisotopic (exact) mass is 347 g/mol. The minimum Gasteiger partial charge on any atom is -0.382 e. The smallest absolute Gasteiger partial charge is 0.149 e. The van der Waals surface area contributed by atoms with E-state index in [4.69, 9.17) is 17.3 Å². The molecular weight excluding hydrogens is 336 g/mol. The Morgan fingerprint density at radius 1 is 1.50 bits per heavy atom. The molecule has 3 N–H and O–H groups in total. The lowest BCUT2D eigenvalue weighted by molar-refractivity contribution is 1.10. The molecule has 0 bridgehead atoms. The number of anilines is 1. The van der Waals surface area contributed by atoms with Crippen molar-refractivity contribution in [2.24, 2.45) is 0 Å². The second-order valence-corrected chi connectivity index (χ2v) is 5.01. The third kappa shape index (κ3) is 2.04. The van der Waals surface area contributed by atoms with Gasteiger partial charge in [0.05, 0.1) is 10.7 Å². The third-order valence-electron chi connectivity index (χ3n) is 2.46. The molecule has 3 nitrogen and oxygen atoms in total. The summed E-state index contributed by atoms with van der Waals surface area (Å²) in [6.07, 6.45) is 0.848. The predicted molar refractivity (Wildman–Crippen MR) is 75.5 cm³/mol. The van der Waals surface area contributed by atoms with Crippen LogP contribution in [0.3, 0.4) is 0 Å². The zero-order valence-electron chi connectivity index (χ0n) is 8.72. The van der Waals surface area contributed by atoms with Gasteiger partial charge in [0, 0.05) is 14.7 Å². The molecule has 2 rings (SSSR count). The van der Waals surface area contributed by atoms with Crippen LogP contribution in [0.2, 0.25) is 5.02 Å². The molecule has 0 aliphatic rings. The van der Waals surface area contributed by atoms with E-state index in [0.29, 0.717) is 5.82 Å². The third-order valence-corrected chi connectivity index (χ3v) is 4.03. The Hall–Kier alpha value is -0.750. The molecule has 0 atom stereocenters. The van der Waals surface area contributed by atoms with Gasteiger partial charge < -0.3 is 5.73 Å². The van der Waals surface area contributed by atoms with Crippen molar-refractivity contribution in [2.45, 2.75) is 13.3 Å². The normalized spacial score (nSPS) is 10.7. The van der Waals surface area contributed by atoms with Gasteiger partial charge in [-0.1, -0.05) is 24.6 Å². The average Bonchev–Trinajstić information content (AvgIpc) is 2.63. The SMILES string of the molecule is CCc1c(N)n[nH]c1-c1ccc(I)c(Cl)c1. The molecule has 0 radical (unpaired) electrons. The molecule has 2 aromatic rings. The fraction of sp³-hybridized carbons (Fsp3) is 0.182. The van der Waals surface area contributed by atoms with Gasteiger partial charge >= 0.3 is 0 Å². The molecule has 0 aliphatic heterocycles. The Labute approximate surface area is 113 Å². The highest BCUT2D eigenvalue weighted by Crippen LogP contribution is 2.29. The van der Waals surface area contributed by atoms with E-state index >= 15 is 0 Å². The van der Waals surface area contributed by atoms with Crippen molar-refractivity contribution >= 4 is 40.0 Å². The lowest BCUT2D eigenvalue weighted by Gasteiger charge is -2.03. The number of aromatic nitrogens is 2. The topological polar surface area (TPSA) is 54.7 Å². The Bertz CT molecular complexity index is 522. The van der Waals surface area contributed by atoms with Gasteiger partial charge in [0.1, 0.15) is 5.82 Å². The minimum absolute atomic E-state index is 0.562. The number of hydrogen-bond donors (Lipinski definition) is 2. The van der Waals surface area contributed by atoms with E-state index in [9.17, 15) is 0 Å². The summed E-state index contributed by atoms with van der Waals surface area (Å²) in [5, 5.41) is 7.72. The van der Waals surface area contributed by atoms with Crippen LogP contribution in [0.5, 0.6) is 0 Å². The fourth-order valence-corrected chi connectivity index (χ4v) is 2.14. The quantitative estimate of drug-likeness (QED) is 0.817. The predicted octanol–water partition coefficient (Wildman–Crippen LogP) is 3.48. The second kappa shape index (κ2) is 4.63. The van der Waals surface area contributed by atoms with Crippen LogP contribution in [0.1, 0.15) is 12.5 Å². The molecular formula is C11H11ClIN3. The Balaban J connectivity index is 2.54. The van der Waals surface area contributed by atoms with Crippen molar-refractivity contribution in [1.29, 1.82) is 0 Å². The van der Waals surface area contributed by atoms with Crippen molar-refractivity contribution in [3.8, 4) is 11.3 Å². The maximum Gasteiger partial charge on any atom is 0.149 e. The number of benzene rings is 1. The summed E-state index contributed by atoms with van der Waals surface area (Å²) in [5.74, 6) is 0.562. The highest BCUT2D eigenvalue weighted by atomic mass is 127. The lowest BCUT2D eigenvalue weighted by atomic mass is 10.1. The summed E-state index contributed by atoms with van der Waals surface area (Å²) in [6, 6.07) is 5.92. The molecule has 0 aliphatic carbocycles. The average molecular weight is 348 g/mol. The Morgan fingerprint density at radius 3 is 2.88 bits per heavy atom. The molecule has 0 saturated carbocycles. The number of halogens is 2. The zero-order valence-corrected chi connectivity index (χ0v) is 11.6. The summed E-state index contributed by atoms with van der Waals surface area (Å²) in [4.78, 5) is 0. The van der Waals surface area contributed by atoms with E-state index in [1.807, 2.05) is 18.2 Å². The zero-order chi connectivity index (χ0) is 11.7. The van der Waals surface area contributed by atoms with E-state index < -0.39 is 0 Å². The minimum atomic E-state index is 0.562. The van der Waals surface area contributed by atoms with Gasteiger partial charge in [-0.05, 0) is 41.1 Å². The molecule has 1 heterocycles. The highest BCUT2D eigenvalue weighted by Gasteiger charge is 2.11. The number of hydrogen-bond acceptors (Lipinski definition) is 2. The van der Waals surface area contributed by atoms with Crippen LogP contribution >= 0.6 is 34.2 Å². The van der Waals surface area contributed by atoms with Gasteiger partial charge in [-0.25, -0.2) is 0 Å². The number of rotatable bonds is 2. The Morgan fingerprint density at radius 2 is 2.25 bits per heavy atom. The summed E-state index contributed by atoms with van der Waals surface area (Å²) >= 11 is 8.29. The molecule has 0 spiro atoms. The number of nitrogens with one attached hydrogen (secondary N) is 1. The number of aromatic amines is 1. The van der Waals surface area contributed by atoms with Crippen molar-refractivity contribution < 1.29 is 0 Å². The van der Waals surface area contributed by atoms with Crippen LogP contribution in [0.15, 0.2) is 18.2 Å². The first kappa shape index (κ1) is 11.7. The van der Waals surface area contributed by atoms with E-state index in [0.717, 1.165) is 31.8 Å². The first-order chi connectivity index (χ1) is 7.63. The molecule has 84 valence electrons. The fourth-order valence-electron chi connectivity index (χ4n) is 1.63. The highest BCUT2D eigenvalue weighted by molar-refractivity contribution is 14.1. The van der Waals surface area contributed by atoms with Crippen LogP contribution in [-0.4, -0.2) is 10.2 Å². The number of nitrogen functional groups attached to an aromatic ring is 1. The maximum atomic E-state index is 6.09. The first-order valence-corrected chi connectivity index (χ1v) is 6.37. The van der Waals surface area contributed by atoms with E-state index in [-0.39, 0.29) is 0 Å². The Kier molecular flexibility index (Phi) is 3.39. The number of nitrogens with two attached hydrogens (primary N) is 1. The van der Waals surface area contributed by atoms with Crippen LogP contribution in [0.4, 0.5) is 5.82 Å². The first-order valence-electron chi connectivity index (χ1n) is 4.91. The maximum absolute atomic E-state index is 6.09. The van der Waals surface area contributed by atoms with Gasteiger partial charge in [0.2, 0.25) is 0 Å². The summed E-state index contributed by atoms with van der Waals surface area (Å²) in [5.41, 5.74) is 8.80. The second-order valence-electron chi connectivity index (χ2n) is 3.44. The van der Waals surface area contributed by atoms with Crippen LogP contribution in [0, 0.1) is 3.57 Å². The number of nitrogens with zero attached hydrogens (tertiary/aromatic N) is 1. The lowest BCUT2D eigenvalue weighted by Crippen LogP contribution is -1.91. The van der Waals surface area contributed by atoms with Crippen molar-refractivity contribution in [3.63, 3.8) is 0 Å². The molecule has 1 aromatic carbocycles. The van der Waals surface area contributed by atoms with E-state index in [2.05, 4.69) is 39.7 Å². The molecule has 0 fully saturated rings. The van der Waals surface area contributed by atoms with Crippen molar-refractivity contribution in [3.05, 3.63) is 32.4 Å². The van der Waals surface area contributed by atoms with Crippen molar-refractivity contribution in [2.75, 3.05) is 5.73 Å². The molecule has 0 unspecified atom stereocenters. The van der Waals surface area contributed by atoms with Crippen molar-refractivity contribution in [1.82, 2.24) is 10.2 Å². The van der Waals surface area contributed by atoms with Crippen LogP contribution in [-0.2, 0) is 6.42 Å². The summed E-state index contributed by atoms with van der Waals surface area (Å²) < 4.78 is 1.04.